The zero-order valence-electron chi connectivity index (χ0n) is 9.34. The van der Waals surface area contributed by atoms with Crippen LogP contribution in [0.5, 0.6) is 5.75 Å². The first kappa shape index (κ1) is 12.2. The van der Waals surface area contributed by atoms with Crippen LogP contribution in [0, 0.1) is 0 Å². The molecule has 0 saturated heterocycles. The summed E-state index contributed by atoms with van der Waals surface area (Å²) in [7, 11) is 0. The van der Waals surface area contributed by atoms with E-state index in [1.807, 2.05) is 0 Å². The summed E-state index contributed by atoms with van der Waals surface area (Å²) in [6.07, 6.45) is -4.72. The Morgan fingerprint density at radius 3 is 2.71 bits per heavy atom. The Morgan fingerprint density at radius 1 is 1.41 bits per heavy atom. The van der Waals surface area contributed by atoms with E-state index in [4.69, 9.17) is 4.74 Å². The van der Waals surface area contributed by atoms with Crippen molar-refractivity contribution < 1.29 is 23.0 Å². The molecule has 5 heteroatoms. The van der Waals surface area contributed by atoms with E-state index in [0.717, 1.165) is 6.07 Å². The predicted molar refractivity (Wildman–Crippen MR) is 55.9 cm³/mol. The number of ether oxygens (including phenoxy) is 1. The second kappa shape index (κ2) is 4.22. The van der Waals surface area contributed by atoms with Crippen molar-refractivity contribution in [2.45, 2.75) is 32.0 Å². The summed E-state index contributed by atoms with van der Waals surface area (Å²) in [5, 5.41) is 9.66. The molecule has 2 rings (SSSR count). The molecule has 1 aliphatic rings. The normalized spacial score (nSPS) is 19.2. The second-order valence-corrected chi connectivity index (χ2v) is 3.99. The van der Waals surface area contributed by atoms with Crippen LogP contribution in [0.2, 0.25) is 0 Å². The van der Waals surface area contributed by atoms with Gasteiger partial charge in [0.1, 0.15) is 5.75 Å². The quantitative estimate of drug-likeness (QED) is 0.868. The summed E-state index contributed by atoms with van der Waals surface area (Å²) >= 11 is 0. The van der Waals surface area contributed by atoms with E-state index < -0.39 is 17.8 Å². The molecule has 94 valence electrons. The lowest BCUT2D eigenvalue weighted by atomic mass is 10.0. The molecule has 2 nitrogen and oxygen atoms in total. The molecule has 0 amide bonds. The number of halogens is 3. The highest BCUT2D eigenvalue weighted by molar-refractivity contribution is 5.50. The lowest BCUT2D eigenvalue weighted by Gasteiger charge is -2.17. The Labute approximate surface area is 97.0 Å². The van der Waals surface area contributed by atoms with Gasteiger partial charge in [-0.3, -0.25) is 0 Å². The molecule has 0 bridgehead atoms. The number of alkyl halides is 3. The maximum Gasteiger partial charge on any atom is 0.416 e. The van der Waals surface area contributed by atoms with Gasteiger partial charge >= 0.3 is 6.18 Å². The minimum absolute atomic E-state index is 0.0107. The van der Waals surface area contributed by atoms with Crippen LogP contribution in [0.4, 0.5) is 13.2 Å². The van der Waals surface area contributed by atoms with Crippen molar-refractivity contribution in [2.24, 2.45) is 0 Å². The van der Waals surface area contributed by atoms with Crippen LogP contribution < -0.4 is 4.74 Å². The first-order chi connectivity index (χ1) is 7.95. The zero-order chi connectivity index (χ0) is 12.6. The standard InChI is InChI=1S/C12H13F3O2/c1-2-17-10-6-4-8(12(13,14)15)11-7(10)3-5-9(11)16/h4,6,9,16H,2-3,5H2,1H3/t9-/m1/s1. The SMILES string of the molecule is CCOc1ccc(C(F)(F)F)c2c1CC[C@H]2O. The minimum atomic E-state index is -4.43. The summed E-state index contributed by atoms with van der Waals surface area (Å²) in [4.78, 5) is 0. The van der Waals surface area contributed by atoms with Crippen molar-refractivity contribution in [1.82, 2.24) is 0 Å². The lowest BCUT2D eigenvalue weighted by Crippen LogP contribution is -2.11. The van der Waals surface area contributed by atoms with E-state index in [9.17, 15) is 18.3 Å². The highest BCUT2D eigenvalue weighted by atomic mass is 19.4. The van der Waals surface area contributed by atoms with Gasteiger partial charge in [-0.15, -0.1) is 0 Å². The number of hydrogen-bond acceptors (Lipinski definition) is 2. The van der Waals surface area contributed by atoms with Gasteiger partial charge in [0.2, 0.25) is 0 Å². The van der Waals surface area contributed by atoms with Crippen LogP contribution in [0.25, 0.3) is 0 Å². The third kappa shape index (κ3) is 2.11. The summed E-state index contributed by atoms with van der Waals surface area (Å²) < 4.78 is 43.6. The van der Waals surface area contributed by atoms with Crippen LogP contribution >= 0.6 is 0 Å². The fraction of sp³-hybridized carbons (Fsp3) is 0.500. The van der Waals surface area contributed by atoms with Gasteiger partial charge in [-0.05, 0) is 37.5 Å². The predicted octanol–water partition coefficient (Wildman–Crippen LogP) is 3.08. The first-order valence-corrected chi connectivity index (χ1v) is 5.49. The molecule has 0 aliphatic heterocycles. The third-order valence-electron chi connectivity index (χ3n) is 2.92. The fourth-order valence-corrected chi connectivity index (χ4v) is 2.25. The second-order valence-electron chi connectivity index (χ2n) is 3.99. The van der Waals surface area contributed by atoms with Gasteiger partial charge in [0, 0.05) is 5.56 Å². The molecule has 0 unspecified atom stereocenters. The summed E-state index contributed by atoms with van der Waals surface area (Å²) in [6, 6.07) is 2.32. The molecule has 1 N–H and O–H groups in total. The maximum absolute atomic E-state index is 12.8. The van der Waals surface area contributed by atoms with Crippen molar-refractivity contribution >= 4 is 0 Å². The zero-order valence-corrected chi connectivity index (χ0v) is 9.34. The largest absolute Gasteiger partial charge is 0.494 e. The van der Waals surface area contributed by atoms with Crippen LogP contribution in [-0.2, 0) is 12.6 Å². The average molecular weight is 246 g/mol. The molecule has 0 aromatic heterocycles. The van der Waals surface area contributed by atoms with Gasteiger partial charge in [-0.25, -0.2) is 0 Å². The van der Waals surface area contributed by atoms with Gasteiger partial charge in [-0.2, -0.15) is 13.2 Å². The van der Waals surface area contributed by atoms with E-state index in [2.05, 4.69) is 0 Å². The third-order valence-corrected chi connectivity index (χ3v) is 2.92. The number of hydrogen-bond donors (Lipinski definition) is 1. The number of aliphatic hydroxyl groups is 1. The molecular formula is C12H13F3O2. The highest BCUT2D eigenvalue weighted by Gasteiger charge is 2.39. The van der Waals surface area contributed by atoms with Crippen LogP contribution in [0.15, 0.2) is 12.1 Å². The molecule has 1 aliphatic carbocycles. The Balaban J connectivity index is 2.56. The monoisotopic (exact) mass is 246 g/mol. The van der Waals surface area contributed by atoms with Gasteiger partial charge in [0.15, 0.2) is 0 Å². The van der Waals surface area contributed by atoms with E-state index in [-0.39, 0.29) is 5.56 Å². The molecule has 0 spiro atoms. The Hall–Kier alpha value is -1.23. The van der Waals surface area contributed by atoms with Gasteiger partial charge in [0.05, 0.1) is 18.3 Å². The van der Waals surface area contributed by atoms with Crippen molar-refractivity contribution in [3.05, 3.63) is 28.8 Å². The van der Waals surface area contributed by atoms with E-state index >= 15 is 0 Å². The van der Waals surface area contributed by atoms with Crippen molar-refractivity contribution in [3.8, 4) is 5.75 Å². The summed E-state index contributed by atoms with van der Waals surface area (Å²) in [5.41, 5.74) is -0.265. The highest BCUT2D eigenvalue weighted by Crippen LogP contribution is 2.44. The van der Waals surface area contributed by atoms with E-state index in [1.54, 1.807) is 6.92 Å². The molecule has 0 saturated carbocycles. The Bertz CT molecular complexity index is 426. The fourth-order valence-electron chi connectivity index (χ4n) is 2.25. The van der Waals surface area contributed by atoms with Gasteiger partial charge < -0.3 is 9.84 Å². The molecule has 1 aromatic rings. The van der Waals surface area contributed by atoms with Crippen molar-refractivity contribution in [2.75, 3.05) is 6.61 Å². The van der Waals surface area contributed by atoms with Crippen LogP contribution in [-0.4, -0.2) is 11.7 Å². The maximum atomic E-state index is 12.8. The smallest absolute Gasteiger partial charge is 0.416 e. The van der Waals surface area contributed by atoms with E-state index in [1.165, 1.54) is 6.07 Å². The topological polar surface area (TPSA) is 29.5 Å². The molecule has 1 aromatic carbocycles. The molecular weight excluding hydrogens is 233 g/mol. The van der Waals surface area contributed by atoms with Gasteiger partial charge in [0.25, 0.3) is 0 Å². The summed E-state index contributed by atoms with van der Waals surface area (Å²) in [6.45, 7) is 2.17. The number of rotatable bonds is 2. The summed E-state index contributed by atoms with van der Waals surface area (Å²) in [5.74, 6) is 0.451. The number of fused-ring (bicyclic) bond motifs is 1. The van der Waals surface area contributed by atoms with Crippen molar-refractivity contribution in [1.29, 1.82) is 0 Å². The molecule has 0 heterocycles. The Morgan fingerprint density at radius 2 is 2.12 bits per heavy atom. The molecule has 0 radical (unpaired) electrons. The number of benzene rings is 1. The number of aliphatic hydroxyl groups excluding tert-OH is 1. The van der Waals surface area contributed by atoms with Crippen LogP contribution in [0.1, 0.15) is 36.1 Å². The molecule has 1 atom stereocenters. The van der Waals surface area contributed by atoms with E-state index in [0.29, 0.717) is 30.8 Å². The Kier molecular flexibility index (Phi) is 3.03. The van der Waals surface area contributed by atoms with Crippen molar-refractivity contribution in [3.63, 3.8) is 0 Å². The lowest BCUT2D eigenvalue weighted by molar-refractivity contribution is -0.139. The molecule has 17 heavy (non-hydrogen) atoms. The minimum Gasteiger partial charge on any atom is -0.494 e. The van der Waals surface area contributed by atoms with Crippen LogP contribution in [0.3, 0.4) is 0 Å². The first-order valence-electron chi connectivity index (χ1n) is 5.49. The van der Waals surface area contributed by atoms with Gasteiger partial charge in [-0.1, -0.05) is 0 Å². The molecule has 0 fully saturated rings. The average Bonchev–Trinajstić information content (AvgIpc) is 2.61.